The molecule has 4 nitrogen and oxygen atoms in total. The van der Waals surface area contributed by atoms with Gasteiger partial charge >= 0.3 is 6.03 Å². The van der Waals surface area contributed by atoms with Gasteiger partial charge in [-0.15, -0.1) is 0 Å². The van der Waals surface area contributed by atoms with E-state index in [-0.39, 0.29) is 18.0 Å². The number of urea groups is 1. The molecule has 19 heavy (non-hydrogen) atoms. The lowest BCUT2D eigenvalue weighted by molar-refractivity contribution is -0.128. The van der Waals surface area contributed by atoms with Crippen LogP contribution in [0.3, 0.4) is 0 Å². The van der Waals surface area contributed by atoms with Gasteiger partial charge in [-0.1, -0.05) is 52.7 Å². The predicted molar refractivity (Wildman–Crippen MR) is 77.0 cm³/mol. The molecule has 1 heterocycles. The van der Waals surface area contributed by atoms with Gasteiger partial charge in [-0.25, -0.2) is 4.79 Å². The van der Waals surface area contributed by atoms with Crippen LogP contribution in [-0.4, -0.2) is 28.2 Å². The standard InChI is InChI=1S/C14H17BrN2O2/c15-9-5-4-8-12-13(18)17(14(19)16-12)10-11-6-2-1-3-7-11/h1-3,6-7,12H,4-5,8-10H2,(H,16,19). The SMILES string of the molecule is O=C1NC(CCCCBr)C(=O)N1Cc1ccccc1. The van der Waals surface area contributed by atoms with Crippen LogP contribution in [0.2, 0.25) is 0 Å². The number of unbranched alkanes of at least 4 members (excludes halogenated alkanes) is 1. The van der Waals surface area contributed by atoms with E-state index in [1.54, 1.807) is 0 Å². The number of amides is 3. The molecule has 102 valence electrons. The summed E-state index contributed by atoms with van der Waals surface area (Å²) in [5.74, 6) is -0.108. The lowest BCUT2D eigenvalue weighted by Crippen LogP contribution is -2.30. The van der Waals surface area contributed by atoms with Crippen LogP contribution in [-0.2, 0) is 11.3 Å². The first-order valence-electron chi connectivity index (χ1n) is 6.44. The molecule has 5 heteroatoms. The molecule has 2 rings (SSSR count). The predicted octanol–water partition coefficient (Wildman–Crippen LogP) is 2.67. The van der Waals surface area contributed by atoms with Gasteiger partial charge in [-0.05, 0) is 18.4 Å². The lowest BCUT2D eigenvalue weighted by atomic mass is 10.1. The van der Waals surface area contributed by atoms with Gasteiger partial charge in [0.05, 0.1) is 6.54 Å². The number of carbonyl (C=O) groups excluding carboxylic acids is 2. The van der Waals surface area contributed by atoms with Crippen molar-refractivity contribution < 1.29 is 9.59 Å². The minimum absolute atomic E-state index is 0.108. The first-order valence-corrected chi connectivity index (χ1v) is 7.56. The van der Waals surface area contributed by atoms with Crippen molar-refractivity contribution in [3.05, 3.63) is 35.9 Å². The molecule has 1 atom stereocenters. The van der Waals surface area contributed by atoms with Crippen molar-refractivity contribution >= 4 is 27.9 Å². The Hall–Kier alpha value is -1.36. The lowest BCUT2D eigenvalue weighted by Gasteiger charge is -2.12. The number of nitrogens with zero attached hydrogens (tertiary/aromatic N) is 1. The van der Waals surface area contributed by atoms with Crippen molar-refractivity contribution in [1.29, 1.82) is 0 Å². The third-order valence-corrected chi connectivity index (χ3v) is 3.73. The maximum absolute atomic E-state index is 12.1. The quantitative estimate of drug-likeness (QED) is 0.497. The fourth-order valence-corrected chi connectivity index (χ4v) is 2.53. The van der Waals surface area contributed by atoms with Crippen molar-refractivity contribution in [2.24, 2.45) is 0 Å². The smallest absolute Gasteiger partial charge is 0.325 e. The molecule has 0 aromatic heterocycles. The number of imide groups is 1. The van der Waals surface area contributed by atoms with E-state index in [4.69, 9.17) is 0 Å². The normalized spacial score (nSPS) is 18.8. The van der Waals surface area contributed by atoms with E-state index in [1.807, 2.05) is 30.3 Å². The summed E-state index contributed by atoms with van der Waals surface area (Å²) in [6.07, 6.45) is 2.65. The fourth-order valence-electron chi connectivity index (χ4n) is 2.13. The summed E-state index contributed by atoms with van der Waals surface area (Å²) in [5, 5.41) is 3.68. The van der Waals surface area contributed by atoms with E-state index < -0.39 is 0 Å². The Bertz CT molecular complexity index is 450. The molecular formula is C14H17BrN2O2. The molecule has 0 saturated carbocycles. The van der Waals surface area contributed by atoms with E-state index in [0.717, 1.165) is 23.7 Å². The molecule has 1 aromatic rings. The second-order valence-corrected chi connectivity index (χ2v) is 5.39. The van der Waals surface area contributed by atoms with Gasteiger partial charge in [0.2, 0.25) is 0 Å². The number of rotatable bonds is 6. The second kappa shape index (κ2) is 6.70. The molecule has 1 saturated heterocycles. The monoisotopic (exact) mass is 324 g/mol. The summed E-state index contributed by atoms with van der Waals surface area (Å²) >= 11 is 3.36. The highest BCUT2D eigenvalue weighted by Gasteiger charge is 2.37. The van der Waals surface area contributed by atoms with Crippen molar-refractivity contribution in [2.75, 3.05) is 5.33 Å². The number of halogens is 1. The molecule has 0 bridgehead atoms. The molecule has 1 unspecified atom stereocenters. The van der Waals surface area contributed by atoms with E-state index in [2.05, 4.69) is 21.2 Å². The van der Waals surface area contributed by atoms with Crippen molar-refractivity contribution in [2.45, 2.75) is 31.8 Å². The highest BCUT2D eigenvalue weighted by Crippen LogP contribution is 2.15. The van der Waals surface area contributed by atoms with Gasteiger partial charge in [0.25, 0.3) is 5.91 Å². The van der Waals surface area contributed by atoms with Gasteiger partial charge in [-0.3, -0.25) is 9.69 Å². The van der Waals surface area contributed by atoms with E-state index >= 15 is 0 Å². The zero-order chi connectivity index (χ0) is 13.7. The summed E-state index contributed by atoms with van der Waals surface area (Å²) in [5.41, 5.74) is 0.965. The zero-order valence-corrected chi connectivity index (χ0v) is 12.2. The van der Waals surface area contributed by atoms with Crippen LogP contribution in [0.1, 0.15) is 24.8 Å². The van der Waals surface area contributed by atoms with Crippen LogP contribution < -0.4 is 5.32 Å². The Balaban J connectivity index is 1.95. The first kappa shape index (κ1) is 14.1. The Morgan fingerprint density at radius 2 is 1.89 bits per heavy atom. The van der Waals surface area contributed by atoms with E-state index in [9.17, 15) is 9.59 Å². The molecule has 3 amide bonds. The third-order valence-electron chi connectivity index (χ3n) is 3.17. The minimum Gasteiger partial charge on any atom is -0.326 e. The molecule has 0 radical (unpaired) electrons. The molecule has 1 aromatic carbocycles. The Morgan fingerprint density at radius 3 is 2.58 bits per heavy atom. The van der Waals surface area contributed by atoms with E-state index in [1.165, 1.54) is 4.90 Å². The Labute approximate surface area is 121 Å². The second-order valence-electron chi connectivity index (χ2n) is 4.60. The third kappa shape index (κ3) is 3.56. The molecule has 1 aliphatic heterocycles. The van der Waals surface area contributed by atoms with Crippen molar-refractivity contribution in [3.8, 4) is 0 Å². The summed E-state index contributed by atoms with van der Waals surface area (Å²) < 4.78 is 0. The number of hydrogen-bond donors (Lipinski definition) is 1. The van der Waals surface area contributed by atoms with E-state index in [0.29, 0.717) is 13.0 Å². The number of alkyl halides is 1. The molecule has 1 N–H and O–H groups in total. The van der Waals surface area contributed by atoms with Crippen LogP contribution >= 0.6 is 15.9 Å². The highest BCUT2D eigenvalue weighted by molar-refractivity contribution is 9.09. The van der Waals surface area contributed by atoms with Gasteiger partial charge in [0, 0.05) is 5.33 Å². The Kier molecular flexibility index (Phi) is 4.96. The number of hydrogen-bond acceptors (Lipinski definition) is 2. The maximum atomic E-state index is 12.1. The maximum Gasteiger partial charge on any atom is 0.325 e. The first-order chi connectivity index (χ1) is 9.22. The zero-order valence-electron chi connectivity index (χ0n) is 10.6. The van der Waals surface area contributed by atoms with Gasteiger partial charge in [0.15, 0.2) is 0 Å². The average molecular weight is 325 g/mol. The van der Waals surface area contributed by atoms with Crippen molar-refractivity contribution in [1.82, 2.24) is 10.2 Å². The van der Waals surface area contributed by atoms with Crippen LogP contribution in [0.25, 0.3) is 0 Å². The molecule has 0 aliphatic carbocycles. The minimum atomic E-state index is -0.352. The average Bonchev–Trinajstić information content (AvgIpc) is 2.68. The molecule has 1 aliphatic rings. The van der Waals surface area contributed by atoms with Gasteiger partial charge in [0.1, 0.15) is 6.04 Å². The summed E-state index contributed by atoms with van der Waals surface area (Å²) in [7, 11) is 0. The van der Waals surface area contributed by atoms with Crippen LogP contribution in [0.15, 0.2) is 30.3 Å². The van der Waals surface area contributed by atoms with Crippen LogP contribution in [0.4, 0.5) is 4.79 Å². The topological polar surface area (TPSA) is 49.4 Å². The summed E-state index contributed by atoms with van der Waals surface area (Å²) in [4.78, 5) is 25.3. The van der Waals surface area contributed by atoms with Gasteiger partial charge < -0.3 is 5.32 Å². The highest BCUT2D eigenvalue weighted by atomic mass is 79.9. The summed E-state index contributed by atoms with van der Waals surface area (Å²) in [6, 6.07) is 8.92. The molecular weight excluding hydrogens is 308 g/mol. The number of nitrogens with one attached hydrogen (secondary N) is 1. The van der Waals surface area contributed by atoms with Crippen LogP contribution in [0, 0.1) is 0 Å². The van der Waals surface area contributed by atoms with Crippen LogP contribution in [0.5, 0.6) is 0 Å². The largest absolute Gasteiger partial charge is 0.326 e. The number of carbonyl (C=O) groups is 2. The Morgan fingerprint density at radius 1 is 1.16 bits per heavy atom. The summed E-state index contributed by atoms with van der Waals surface area (Å²) in [6.45, 7) is 0.348. The van der Waals surface area contributed by atoms with Gasteiger partial charge in [-0.2, -0.15) is 0 Å². The fraction of sp³-hybridized carbons (Fsp3) is 0.429. The molecule has 1 fully saturated rings. The van der Waals surface area contributed by atoms with Crippen molar-refractivity contribution in [3.63, 3.8) is 0 Å². The molecule has 0 spiro atoms. The number of benzene rings is 1.